The number of anilines is 1. The maximum Gasteiger partial charge on any atom is 0.319 e. The molecule has 27 heavy (non-hydrogen) atoms. The molecule has 3 amide bonds. The summed E-state index contributed by atoms with van der Waals surface area (Å²) >= 11 is 0. The fourth-order valence-electron chi connectivity index (χ4n) is 2.39. The van der Waals surface area contributed by atoms with Crippen molar-refractivity contribution in [1.82, 2.24) is 10.6 Å². The van der Waals surface area contributed by atoms with Gasteiger partial charge in [-0.15, -0.1) is 0 Å². The molecule has 0 fully saturated rings. The molecule has 0 saturated heterocycles. The summed E-state index contributed by atoms with van der Waals surface area (Å²) in [6, 6.07) is 14.3. The fourth-order valence-corrected chi connectivity index (χ4v) is 2.39. The molecule has 0 saturated carbocycles. The summed E-state index contributed by atoms with van der Waals surface area (Å²) in [5, 5.41) is 8.44. The van der Waals surface area contributed by atoms with E-state index in [9.17, 15) is 9.59 Å². The van der Waals surface area contributed by atoms with Gasteiger partial charge in [-0.1, -0.05) is 26.0 Å². The molecule has 0 heterocycles. The molecule has 6 nitrogen and oxygen atoms in total. The molecular formula is C21H27N3O3. The van der Waals surface area contributed by atoms with Gasteiger partial charge in [0, 0.05) is 24.3 Å². The van der Waals surface area contributed by atoms with Gasteiger partial charge in [0.25, 0.3) is 5.91 Å². The number of ether oxygens (including phenoxy) is 1. The highest BCUT2D eigenvalue weighted by Gasteiger charge is 2.07. The van der Waals surface area contributed by atoms with Gasteiger partial charge in [0.2, 0.25) is 0 Å². The summed E-state index contributed by atoms with van der Waals surface area (Å²) in [5.41, 5.74) is 2.33. The lowest BCUT2D eigenvalue weighted by Crippen LogP contribution is -2.30. The van der Waals surface area contributed by atoms with Gasteiger partial charge in [-0.3, -0.25) is 4.79 Å². The van der Waals surface area contributed by atoms with Gasteiger partial charge in [0.1, 0.15) is 5.75 Å². The first-order valence-corrected chi connectivity index (χ1v) is 9.04. The monoisotopic (exact) mass is 369 g/mol. The Bertz CT molecular complexity index is 740. The minimum absolute atomic E-state index is 0.112. The average molecular weight is 369 g/mol. The Morgan fingerprint density at radius 2 is 1.63 bits per heavy atom. The van der Waals surface area contributed by atoms with E-state index in [1.807, 2.05) is 38.1 Å². The summed E-state index contributed by atoms with van der Waals surface area (Å²) in [6.07, 6.45) is 0.729. The third-order valence-corrected chi connectivity index (χ3v) is 3.93. The third-order valence-electron chi connectivity index (χ3n) is 3.93. The zero-order valence-electron chi connectivity index (χ0n) is 16.0. The van der Waals surface area contributed by atoms with E-state index < -0.39 is 0 Å². The minimum atomic E-state index is -0.277. The summed E-state index contributed by atoms with van der Waals surface area (Å²) in [6.45, 7) is 5.24. The van der Waals surface area contributed by atoms with Gasteiger partial charge in [-0.05, 0) is 54.3 Å². The second kappa shape index (κ2) is 10.2. The van der Waals surface area contributed by atoms with Gasteiger partial charge >= 0.3 is 6.03 Å². The SMILES string of the molecule is COc1ccc(CCNC(=O)Nc2ccc(C(=O)NCC(C)C)cc2)cc1. The highest BCUT2D eigenvalue weighted by molar-refractivity contribution is 5.95. The van der Waals surface area contributed by atoms with Crippen LogP contribution in [0.25, 0.3) is 0 Å². The molecule has 0 bridgehead atoms. The molecule has 0 aliphatic rings. The van der Waals surface area contributed by atoms with Crippen molar-refractivity contribution in [2.24, 2.45) is 5.92 Å². The van der Waals surface area contributed by atoms with Gasteiger partial charge in [0.05, 0.1) is 7.11 Å². The summed E-state index contributed by atoms with van der Waals surface area (Å²) in [4.78, 5) is 24.0. The summed E-state index contributed by atoms with van der Waals surface area (Å²) < 4.78 is 5.12. The fraction of sp³-hybridized carbons (Fsp3) is 0.333. The maximum atomic E-state index is 12.0. The number of urea groups is 1. The van der Waals surface area contributed by atoms with Crippen LogP contribution in [0.1, 0.15) is 29.8 Å². The van der Waals surface area contributed by atoms with Crippen molar-refractivity contribution in [1.29, 1.82) is 0 Å². The zero-order chi connectivity index (χ0) is 19.6. The number of amides is 3. The van der Waals surface area contributed by atoms with E-state index in [1.165, 1.54) is 0 Å². The maximum absolute atomic E-state index is 12.0. The van der Waals surface area contributed by atoms with E-state index in [4.69, 9.17) is 4.74 Å². The van der Waals surface area contributed by atoms with Crippen molar-refractivity contribution in [2.75, 3.05) is 25.5 Å². The van der Waals surface area contributed by atoms with Crippen LogP contribution >= 0.6 is 0 Å². The Balaban J connectivity index is 1.75. The first-order chi connectivity index (χ1) is 13.0. The van der Waals surface area contributed by atoms with Crippen molar-refractivity contribution in [3.05, 3.63) is 59.7 Å². The number of rotatable bonds is 8. The molecule has 0 atom stereocenters. The minimum Gasteiger partial charge on any atom is -0.497 e. The van der Waals surface area contributed by atoms with Crippen LogP contribution in [-0.4, -0.2) is 32.1 Å². The lowest BCUT2D eigenvalue weighted by molar-refractivity contribution is 0.0949. The van der Waals surface area contributed by atoms with Crippen LogP contribution in [0.15, 0.2) is 48.5 Å². The van der Waals surface area contributed by atoms with Crippen LogP contribution in [0.3, 0.4) is 0 Å². The highest BCUT2D eigenvalue weighted by atomic mass is 16.5. The number of carbonyl (C=O) groups excluding carboxylic acids is 2. The smallest absolute Gasteiger partial charge is 0.319 e. The van der Waals surface area contributed by atoms with E-state index >= 15 is 0 Å². The van der Waals surface area contributed by atoms with Crippen molar-refractivity contribution < 1.29 is 14.3 Å². The van der Waals surface area contributed by atoms with Crippen LogP contribution in [-0.2, 0) is 6.42 Å². The van der Waals surface area contributed by atoms with Crippen molar-refractivity contribution in [3.8, 4) is 5.75 Å². The zero-order valence-corrected chi connectivity index (χ0v) is 16.0. The third kappa shape index (κ3) is 7.01. The molecule has 2 aromatic rings. The van der Waals surface area contributed by atoms with Crippen molar-refractivity contribution in [3.63, 3.8) is 0 Å². The molecule has 3 N–H and O–H groups in total. The number of nitrogens with one attached hydrogen (secondary N) is 3. The number of hydrogen-bond acceptors (Lipinski definition) is 3. The highest BCUT2D eigenvalue weighted by Crippen LogP contribution is 2.12. The molecule has 6 heteroatoms. The predicted molar refractivity (Wildman–Crippen MR) is 107 cm³/mol. The van der Waals surface area contributed by atoms with E-state index in [0.29, 0.717) is 30.3 Å². The molecule has 0 aliphatic heterocycles. The van der Waals surface area contributed by atoms with E-state index in [-0.39, 0.29) is 11.9 Å². The summed E-state index contributed by atoms with van der Waals surface area (Å²) in [5.74, 6) is 1.10. The van der Waals surface area contributed by atoms with Crippen LogP contribution in [0.4, 0.5) is 10.5 Å². The van der Waals surface area contributed by atoms with Crippen LogP contribution < -0.4 is 20.7 Å². The average Bonchev–Trinajstić information content (AvgIpc) is 2.67. The molecule has 0 spiro atoms. The van der Waals surface area contributed by atoms with Gasteiger partial charge in [-0.25, -0.2) is 4.79 Å². The number of carbonyl (C=O) groups is 2. The normalized spacial score (nSPS) is 10.4. The lowest BCUT2D eigenvalue weighted by Gasteiger charge is -2.10. The van der Waals surface area contributed by atoms with Crippen molar-refractivity contribution in [2.45, 2.75) is 20.3 Å². The van der Waals surface area contributed by atoms with E-state index in [1.54, 1.807) is 31.4 Å². The second-order valence-corrected chi connectivity index (χ2v) is 6.66. The number of methoxy groups -OCH3 is 1. The largest absolute Gasteiger partial charge is 0.497 e. The standard InChI is InChI=1S/C21H27N3O3/c1-15(2)14-23-20(25)17-6-8-18(9-7-17)24-21(26)22-13-12-16-4-10-19(27-3)11-5-16/h4-11,15H,12-14H2,1-3H3,(H,23,25)(H2,22,24,26). The molecule has 2 aromatic carbocycles. The first kappa shape index (κ1) is 20.3. The second-order valence-electron chi connectivity index (χ2n) is 6.66. The number of benzene rings is 2. The number of hydrogen-bond donors (Lipinski definition) is 3. The summed E-state index contributed by atoms with van der Waals surface area (Å²) in [7, 11) is 1.63. The van der Waals surface area contributed by atoms with Gasteiger partial charge in [-0.2, -0.15) is 0 Å². The van der Waals surface area contributed by atoms with Crippen molar-refractivity contribution >= 4 is 17.6 Å². The van der Waals surface area contributed by atoms with Crippen LogP contribution in [0.2, 0.25) is 0 Å². The van der Waals surface area contributed by atoms with E-state index in [0.717, 1.165) is 17.7 Å². The van der Waals surface area contributed by atoms with Crippen LogP contribution in [0, 0.1) is 5.92 Å². The molecule has 0 aliphatic carbocycles. The Kier molecular flexibility index (Phi) is 7.67. The Labute approximate surface area is 160 Å². The molecular weight excluding hydrogens is 342 g/mol. The molecule has 144 valence electrons. The van der Waals surface area contributed by atoms with Gasteiger partial charge < -0.3 is 20.7 Å². The first-order valence-electron chi connectivity index (χ1n) is 9.04. The molecule has 0 unspecified atom stereocenters. The van der Waals surface area contributed by atoms with Crippen LogP contribution in [0.5, 0.6) is 5.75 Å². The Hall–Kier alpha value is -3.02. The topological polar surface area (TPSA) is 79.5 Å². The molecule has 2 rings (SSSR count). The molecule has 0 radical (unpaired) electrons. The molecule has 0 aromatic heterocycles. The van der Waals surface area contributed by atoms with Gasteiger partial charge in [0.15, 0.2) is 0 Å². The lowest BCUT2D eigenvalue weighted by atomic mass is 10.1. The van der Waals surface area contributed by atoms with E-state index in [2.05, 4.69) is 16.0 Å². The predicted octanol–water partition coefficient (Wildman–Crippen LogP) is 3.45. The Morgan fingerprint density at radius 1 is 0.963 bits per heavy atom. The quantitative estimate of drug-likeness (QED) is 0.667. The Morgan fingerprint density at radius 3 is 2.22 bits per heavy atom.